The summed E-state index contributed by atoms with van der Waals surface area (Å²) in [4.78, 5) is 15.5. The third kappa shape index (κ3) is 3.31. The van der Waals surface area contributed by atoms with Crippen LogP contribution in [-0.2, 0) is 0 Å². The van der Waals surface area contributed by atoms with E-state index in [1.54, 1.807) is 6.07 Å². The van der Waals surface area contributed by atoms with E-state index in [2.05, 4.69) is 45.9 Å². The minimum Gasteiger partial charge on any atom is -0.475 e. The van der Waals surface area contributed by atoms with Crippen LogP contribution in [0.15, 0.2) is 39.5 Å². The maximum atomic E-state index is 14.5. The summed E-state index contributed by atoms with van der Waals surface area (Å²) >= 11 is 3.28. The average molecular weight is 423 g/mol. The second kappa shape index (κ2) is 6.27. The topological polar surface area (TPSA) is 75.4 Å². The lowest BCUT2D eigenvalue weighted by molar-refractivity contribution is 0.0666. The highest BCUT2D eigenvalue weighted by Crippen LogP contribution is 2.36. The van der Waals surface area contributed by atoms with Crippen LogP contribution in [0.5, 0.6) is 0 Å². The van der Waals surface area contributed by atoms with E-state index in [1.165, 1.54) is 18.5 Å². The van der Waals surface area contributed by atoms with Crippen molar-refractivity contribution in [1.29, 1.82) is 0 Å². The molecular formula is C17H16BrFN2O3Si. The van der Waals surface area contributed by atoms with Crippen LogP contribution < -0.4 is 10.5 Å². The van der Waals surface area contributed by atoms with Crippen LogP contribution in [0.1, 0.15) is 10.6 Å². The summed E-state index contributed by atoms with van der Waals surface area (Å²) in [6.45, 7) is 6.39. The number of fused-ring (bicyclic) bond motifs is 1. The molecule has 0 amide bonds. The van der Waals surface area contributed by atoms with E-state index < -0.39 is 19.9 Å². The molecule has 3 aromatic rings. The van der Waals surface area contributed by atoms with Crippen LogP contribution in [0.3, 0.4) is 0 Å². The normalized spacial score (nSPS) is 11.7. The van der Waals surface area contributed by atoms with E-state index in [0.29, 0.717) is 15.4 Å². The summed E-state index contributed by atoms with van der Waals surface area (Å²) in [6.07, 6.45) is 2.98. The molecule has 130 valence electrons. The molecule has 0 saturated heterocycles. The maximum Gasteiger partial charge on any atom is 0.374 e. The fraction of sp³-hybridized carbons (Fsp3) is 0.176. The molecule has 0 atom stereocenters. The largest absolute Gasteiger partial charge is 0.475 e. The Morgan fingerprint density at radius 1 is 1.32 bits per heavy atom. The smallest absolute Gasteiger partial charge is 0.374 e. The van der Waals surface area contributed by atoms with E-state index in [1.807, 2.05) is 6.07 Å². The van der Waals surface area contributed by atoms with Gasteiger partial charge in [-0.15, -0.1) is 0 Å². The number of furan rings is 1. The lowest BCUT2D eigenvalue weighted by atomic mass is 10.2. The van der Waals surface area contributed by atoms with Gasteiger partial charge in [0, 0.05) is 12.4 Å². The first-order valence-corrected chi connectivity index (χ1v) is 11.8. The number of nitrogens with one attached hydrogen (secondary N) is 1. The molecule has 2 aromatic heterocycles. The van der Waals surface area contributed by atoms with Gasteiger partial charge in [0.05, 0.1) is 23.6 Å². The van der Waals surface area contributed by atoms with Crippen LogP contribution in [0.2, 0.25) is 19.6 Å². The van der Waals surface area contributed by atoms with Crippen LogP contribution in [0.25, 0.3) is 11.0 Å². The predicted octanol–water partition coefficient (Wildman–Crippen LogP) is 4.72. The molecule has 0 radical (unpaired) electrons. The van der Waals surface area contributed by atoms with Crippen molar-refractivity contribution in [2.75, 3.05) is 5.32 Å². The molecule has 0 aliphatic heterocycles. The predicted molar refractivity (Wildman–Crippen MR) is 101 cm³/mol. The Morgan fingerprint density at radius 3 is 2.64 bits per heavy atom. The highest BCUT2D eigenvalue weighted by molar-refractivity contribution is 9.10. The van der Waals surface area contributed by atoms with Crippen molar-refractivity contribution in [2.24, 2.45) is 0 Å². The molecule has 0 unspecified atom stereocenters. The molecule has 0 aliphatic rings. The number of carboxylic acids is 1. The highest BCUT2D eigenvalue weighted by atomic mass is 79.9. The van der Waals surface area contributed by atoms with Crippen LogP contribution in [0, 0.1) is 5.82 Å². The minimum atomic E-state index is -1.64. The third-order valence-corrected chi connectivity index (χ3v) is 6.45. The van der Waals surface area contributed by atoms with Crippen molar-refractivity contribution in [1.82, 2.24) is 4.98 Å². The number of carbonyl (C=O) groups is 1. The lowest BCUT2D eigenvalue weighted by Crippen LogP contribution is -2.37. The molecule has 0 fully saturated rings. The van der Waals surface area contributed by atoms with E-state index >= 15 is 0 Å². The number of hydrogen-bond donors (Lipinski definition) is 2. The zero-order valence-corrected chi connectivity index (χ0v) is 16.4. The number of hydrogen-bond acceptors (Lipinski definition) is 4. The van der Waals surface area contributed by atoms with Gasteiger partial charge in [-0.1, -0.05) is 30.9 Å². The fourth-order valence-corrected chi connectivity index (χ4v) is 4.03. The first kappa shape index (κ1) is 17.6. The van der Waals surface area contributed by atoms with Gasteiger partial charge < -0.3 is 14.8 Å². The Morgan fingerprint density at radius 2 is 2.04 bits per heavy atom. The van der Waals surface area contributed by atoms with Gasteiger partial charge >= 0.3 is 5.97 Å². The highest BCUT2D eigenvalue weighted by Gasteiger charge is 2.23. The number of halogens is 2. The Bertz CT molecular complexity index is 982. The van der Waals surface area contributed by atoms with Crippen molar-refractivity contribution in [3.8, 4) is 0 Å². The van der Waals surface area contributed by atoms with Gasteiger partial charge in [0.15, 0.2) is 5.58 Å². The summed E-state index contributed by atoms with van der Waals surface area (Å²) < 4.78 is 20.5. The molecule has 0 bridgehead atoms. The Labute approximate surface area is 153 Å². The second-order valence-electron chi connectivity index (χ2n) is 6.68. The molecule has 0 saturated carbocycles. The number of aromatic nitrogens is 1. The first-order valence-electron chi connectivity index (χ1n) is 7.55. The number of nitrogens with zero attached hydrogens (tertiary/aromatic N) is 1. The zero-order valence-electron chi connectivity index (χ0n) is 13.9. The van der Waals surface area contributed by atoms with Crippen molar-refractivity contribution >= 4 is 57.5 Å². The number of pyridine rings is 1. The first-order chi connectivity index (χ1) is 11.7. The average Bonchev–Trinajstić information content (AvgIpc) is 2.89. The standard InChI is InChI=1S/C17H16BrFN2O3Si/c1-25(2,3)9-4-5-13(12(19)6-9)21-14-10-7-20-8-11(18)15(10)24-16(14)17(22)23/h4-8,21H,1-3H3,(H,22,23). The van der Waals surface area contributed by atoms with E-state index in [9.17, 15) is 14.3 Å². The molecule has 3 rings (SSSR count). The minimum absolute atomic E-state index is 0.177. The fourth-order valence-electron chi connectivity index (χ4n) is 2.47. The van der Waals surface area contributed by atoms with Gasteiger partial charge in [0.25, 0.3) is 0 Å². The quantitative estimate of drug-likeness (QED) is 0.595. The van der Waals surface area contributed by atoms with Gasteiger partial charge in [0.1, 0.15) is 11.5 Å². The van der Waals surface area contributed by atoms with Gasteiger partial charge in [-0.2, -0.15) is 0 Å². The zero-order chi connectivity index (χ0) is 18.4. The van der Waals surface area contributed by atoms with Crippen molar-refractivity contribution < 1.29 is 18.7 Å². The Balaban J connectivity index is 2.11. The van der Waals surface area contributed by atoms with Crippen LogP contribution >= 0.6 is 15.9 Å². The Hall–Kier alpha value is -2.19. The number of anilines is 2. The monoisotopic (exact) mass is 422 g/mol. The number of rotatable bonds is 4. The molecule has 1 aromatic carbocycles. The molecule has 2 N–H and O–H groups in total. The van der Waals surface area contributed by atoms with Crippen molar-refractivity contribution in [2.45, 2.75) is 19.6 Å². The summed E-state index contributed by atoms with van der Waals surface area (Å²) in [5.41, 5.74) is 0.706. The van der Waals surface area contributed by atoms with E-state index in [0.717, 1.165) is 5.19 Å². The Kier molecular flexibility index (Phi) is 4.42. The SMILES string of the molecule is C[Si](C)(C)c1ccc(Nc2c(C(=O)O)oc3c(Br)cncc23)c(F)c1. The van der Waals surface area contributed by atoms with Gasteiger partial charge in [0.2, 0.25) is 5.76 Å². The maximum absolute atomic E-state index is 14.5. The summed E-state index contributed by atoms with van der Waals surface area (Å²) in [7, 11) is -1.64. The third-order valence-electron chi connectivity index (χ3n) is 3.84. The van der Waals surface area contributed by atoms with E-state index in [-0.39, 0.29) is 17.1 Å². The molecule has 25 heavy (non-hydrogen) atoms. The summed E-state index contributed by atoms with van der Waals surface area (Å²) in [5, 5.41) is 13.7. The van der Waals surface area contributed by atoms with Gasteiger partial charge in [-0.3, -0.25) is 4.98 Å². The molecule has 0 spiro atoms. The summed E-state index contributed by atoms with van der Waals surface area (Å²) in [5.74, 6) is -1.98. The van der Waals surface area contributed by atoms with E-state index in [4.69, 9.17) is 4.42 Å². The second-order valence-corrected chi connectivity index (χ2v) is 12.6. The van der Waals surface area contributed by atoms with Gasteiger partial charge in [-0.25, -0.2) is 9.18 Å². The van der Waals surface area contributed by atoms with Crippen LogP contribution in [-0.4, -0.2) is 24.1 Å². The number of aromatic carboxylic acids is 1. The molecule has 8 heteroatoms. The lowest BCUT2D eigenvalue weighted by Gasteiger charge is -2.17. The molecular weight excluding hydrogens is 407 g/mol. The number of benzene rings is 1. The number of carboxylic acid groups (broad SMARTS) is 1. The molecule has 0 aliphatic carbocycles. The summed E-state index contributed by atoms with van der Waals surface area (Å²) in [6, 6.07) is 5.00. The van der Waals surface area contributed by atoms with Gasteiger partial charge in [-0.05, 0) is 28.1 Å². The molecule has 2 heterocycles. The molecule has 5 nitrogen and oxygen atoms in total. The van der Waals surface area contributed by atoms with Crippen molar-refractivity contribution in [3.63, 3.8) is 0 Å². The van der Waals surface area contributed by atoms with Crippen LogP contribution in [0.4, 0.5) is 15.8 Å². The van der Waals surface area contributed by atoms with Crippen molar-refractivity contribution in [3.05, 3.63) is 46.6 Å².